The van der Waals surface area contributed by atoms with E-state index in [9.17, 15) is 9.18 Å². The first-order valence-electron chi connectivity index (χ1n) is 11.5. The Morgan fingerprint density at radius 1 is 1.12 bits per heavy atom. The maximum absolute atomic E-state index is 13.8. The average molecular weight is 449 g/mol. The standard InChI is InChI=1S/C27H29FN2O3/c1-17-12-20(28)13-18(2)25(17)23-6-9-29-24-14-21(4-5-22(23)24)33-19(3)26(31)30-10-7-27(8-11-30)15-32-16-27/h4-6,9,12-14,19H,7-8,10-11,15-16H2,1-3H3. The average Bonchev–Trinajstić information content (AvgIpc) is 2.77. The Morgan fingerprint density at radius 2 is 1.82 bits per heavy atom. The molecule has 1 aromatic heterocycles. The van der Waals surface area contributed by atoms with Crippen LogP contribution in [0.15, 0.2) is 42.6 Å². The first-order chi connectivity index (χ1) is 15.8. The Morgan fingerprint density at radius 3 is 2.45 bits per heavy atom. The third-order valence-electron chi connectivity index (χ3n) is 7.09. The van der Waals surface area contributed by atoms with Crippen LogP contribution in [0.5, 0.6) is 5.75 Å². The number of likely N-dealkylation sites (tertiary alicyclic amines) is 1. The van der Waals surface area contributed by atoms with E-state index >= 15 is 0 Å². The number of nitrogens with zero attached hydrogens (tertiary/aromatic N) is 2. The van der Waals surface area contributed by atoms with E-state index < -0.39 is 6.10 Å². The highest BCUT2D eigenvalue weighted by atomic mass is 19.1. The number of hydrogen-bond acceptors (Lipinski definition) is 4. The number of carbonyl (C=O) groups is 1. The van der Waals surface area contributed by atoms with Crippen molar-refractivity contribution in [2.45, 2.75) is 39.7 Å². The fraction of sp³-hybridized carbons (Fsp3) is 0.407. The highest BCUT2D eigenvalue weighted by Gasteiger charge is 2.42. The van der Waals surface area contributed by atoms with Crippen LogP contribution < -0.4 is 4.74 Å². The van der Waals surface area contributed by atoms with Gasteiger partial charge >= 0.3 is 0 Å². The Hall–Kier alpha value is -2.99. The molecule has 1 atom stereocenters. The van der Waals surface area contributed by atoms with Crippen molar-refractivity contribution in [1.29, 1.82) is 0 Å². The van der Waals surface area contributed by atoms with E-state index in [-0.39, 0.29) is 11.7 Å². The molecule has 2 aliphatic rings. The van der Waals surface area contributed by atoms with Gasteiger partial charge < -0.3 is 14.4 Å². The summed E-state index contributed by atoms with van der Waals surface area (Å²) in [7, 11) is 0. The second-order valence-electron chi connectivity index (χ2n) is 9.53. The molecular formula is C27H29FN2O3. The van der Waals surface area contributed by atoms with Crippen LogP contribution in [0, 0.1) is 25.1 Å². The van der Waals surface area contributed by atoms with Crippen molar-refractivity contribution in [3.63, 3.8) is 0 Å². The molecule has 172 valence electrons. The number of aryl methyl sites for hydroxylation is 2. The van der Waals surface area contributed by atoms with Gasteiger partial charge in [-0.05, 0) is 86.2 Å². The Kier molecular flexibility index (Phi) is 5.57. The summed E-state index contributed by atoms with van der Waals surface area (Å²) in [5.41, 5.74) is 4.86. The summed E-state index contributed by atoms with van der Waals surface area (Å²) in [6.07, 6.45) is 3.18. The lowest BCUT2D eigenvalue weighted by Gasteiger charge is -2.47. The van der Waals surface area contributed by atoms with Crippen LogP contribution in [0.2, 0.25) is 0 Å². The normalized spacial score (nSPS) is 18.2. The Bertz CT molecular complexity index is 1190. The van der Waals surface area contributed by atoms with Crippen LogP contribution in [0.3, 0.4) is 0 Å². The summed E-state index contributed by atoms with van der Waals surface area (Å²) < 4.78 is 25.2. The van der Waals surface area contributed by atoms with Crippen LogP contribution in [-0.2, 0) is 9.53 Å². The maximum atomic E-state index is 13.8. The predicted molar refractivity (Wildman–Crippen MR) is 126 cm³/mol. The molecule has 2 saturated heterocycles. The topological polar surface area (TPSA) is 51.7 Å². The quantitative estimate of drug-likeness (QED) is 0.560. The molecule has 6 heteroatoms. The Labute approximate surface area is 193 Å². The monoisotopic (exact) mass is 448 g/mol. The molecule has 2 aromatic carbocycles. The summed E-state index contributed by atoms with van der Waals surface area (Å²) in [5, 5.41) is 0.964. The minimum Gasteiger partial charge on any atom is -0.481 e. The number of fused-ring (bicyclic) bond motifs is 1. The van der Waals surface area contributed by atoms with Crippen molar-refractivity contribution in [3.8, 4) is 16.9 Å². The molecule has 2 aliphatic heterocycles. The second-order valence-corrected chi connectivity index (χ2v) is 9.53. The number of rotatable bonds is 4. The number of piperidine rings is 1. The summed E-state index contributed by atoms with van der Waals surface area (Å²) in [4.78, 5) is 19.4. The smallest absolute Gasteiger partial charge is 0.263 e. The van der Waals surface area contributed by atoms with Crippen molar-refractivity contribution in [2.75, 3.05) is 26.3 Å². The van der Waals surface area contributed by atoms with Gasteiger partial charge in [-0.25, -0.2) is 4.39 Å². The van der Waals surface area contributed by atoms with Gasteiger partial charge in [0.1, 0.15) is 11.6 Å². The lowest BCUT2D eigenvalue weighted by Crippen LogP contribution is -2.53. The molecule has 3 heterocycles. The van der Waals surface area contributed by atoms with Crippen LogP contribution in [-0.4, -0.2) is 48.2 Å². The zero-order valence-electron chi connectivity index (χ0n) is 19.4. The number of ether oxygens (including phenoxy) is 2. The minimum absolute atomic E-state index is 0.0180. The number of benzene rings is 2. The van der Waals surface area contributed by atoms with Crippen molar-refractivity contribution >= 4 is 16.8 Å². The molecule has 3 aromatic rings. The van der Waals surface area contributed by atoms with Crippen molar-refractivity contribution in [3.05, 3.63) is 59.5 Å². The number of aromatic nitrogens is 1. The maximum Gasteiger partial charge on any atom is 0.263 e. The molecule has 1 unspecified atom stereocenters. The van der Waals surface area contributed by atoms with Gasteiger partial charge in [0.2, 0.25) is 0 Å². The van der Waals surface area contributed by atoms with Gasteiger partial charge in [-0.1, -0.05) is 0 Å². The van der Waals surface area contributed by atoms with E-state index in [0.717, 1.165) is 72.3 Å². The van der Waals surface area contributed by atoms with Gasteiger partial charge in [-0.2, -0.15) is 0 Å². The largest absolute Gasteiger partial charge is 0.481 e. The molecule has 1 spiro atoms. The van der Waals surface area contributed by atoms with Crippen LogP contribution in [0.25, 0.3) is 22.0 Å². The van der Waals surface area contributed by atoms with E-state index in [4.69, 9.17) is 9.47 Å². The van der Waals surface area contributed by atoms with Crippen molar-refractivity contribution in [1.82, 2.24) is 9.88 Å². The predicted octanol–water partition coefficient (Wildman–Crippen LogP) is 5.06. The molecule has 0 radical (unpaired) electrons. The third-order valence-corrected chi connectivity index (χ3v) is 7.09. The molecule has 0 aliphatic carbocycles. The lowest BCUT2D eigenvalue weighted by atomic mass is 9.77. The highest BCUT2D eigenvalue weighted by Crippen LogP contribution is 2.39. The Balaban J connectivity index is 1.34. The van der Waals surface area contributed by atoms with Gasteiger partial charge in [0.15, 0.2) is 6.10 Å². The summed E-state index contributed by atoms with van der Waals surface area (Å²) in [6, 6.07) is 10.8. The number of pyridine rings is 1. The molecule has 5 rings (SSSR count). The molecule has 1 amide bonds. The molecule has 0 N–H and O–H groups in total. The molecular weight excluding hydrogens is 419 g/mol. The van der Waals surface area contributed by atoms with E-state index in [1.54, 1.807) is 25.3 Å². The zero-order chi connectivity index (χ0) is 23.2. The molecule has 2 fully saturated rings. The van der Waals surface area contributed by atoms with E-state index in [0.29, 0.717) is 11.2 Å². The highest BCUT2D eigenvalue weighted by molar-refractivity contribution is 5.96. The molecule has 0 saturated carbocycles. The third kappa shape index (κ3) is 4.08. The molecule has 33 heavy (non-hydrogen) atoms. The van der Waals surface area contributed by atoms with E-state index in [2.05, 4.69) is 4.98 Å². The van der Waals surface area contributed by atoms with Crippen molar-refractivity contribution < 1.29 is 18.7 Å². The minimum atomic E-state index is -0.570. The first kappa shape index (κ1) is 21.8. The van der Waals surface area contributed by atoms with Crippen LogP contribution in [0.4, 0.5) is 4.39 Å². The van der Waals surface area contributed by atoms with Crippen LogP contribution >= 0.6 is 0 Å². The SMILES string of the molecule is Cc1cc(F)cc(C)c1-c1ccnc2cc(OC(C)C(=O)N3CCC4(CC3)COC4)ccc12. The number of carbonyl (C=O) groups excluding carboxylic acids is 1. The molecule has 5 nitrogen and oxygen atoms in total. The summed E-state index contributed by atoms with van der Waals surface area (Å²) in [5.74, 6) is 0.400. The second kappa shape index (κ2) is 8.41. The number of halogens is 1. The summed E-state index contributed by atoms with van der Waals surface area (Å²) in [6.45, 7) is 8.81. The van der Waals surface area contributed by atoms with Gasteiger partial charge in [-0.3, -0.25) is 9.78 Å². The van der Waals surface area contributed by atoms with Gasteiger partial charge in [0.05, 0.1) is 18.7 Å². The number of amides is 1. The zero-order valence-corrected chi connectivity index (χ0v) is 19.4. The first-order valence-corrected chi connectivity index (χ1v) is 11.5. The van der Waals surface area contributed by atoms with E-state index in [1.807, 2.05) is 43.0 Å². The van der Waals surface area contributed by atoms with Crippen molar-refractivity contribution in [2.24, 2.45) is 5.41 Å². The van der Waals surface area contributed by atoms with Crippen LogP contribution in [0.1, 0.15) is 30.9 Å². The van der Waals surface area contributed by atoms with E-state index in [1.165, 1.54) is 0 Å². The number of hydrogen-bond donors (Lipinski definition) is 0. The van der Waals surface area contributed by atoms with Gasteiger partial charge in [0, 0.05) is 36.2 Å². The lowest BCUT2D eigenvalue weighted by molar-refractivity contribution is -0.157. The summed E-state index contributed by atoms with van der Waals surface area (Å²) >= 11 is 0. The van der Waals surface area contributed by atoms with Gasteiger partial charge in [-0.15, -0.1) is 0 Å². The fourth-order valence-electron chi connectivity index (χ4n) is 5.15. The molecule has 0 bridgehead atoms. The van der Waals surface area contributed by atoms with Gasteiger partial charge in [0.25, 0.3) is 5.91 Å². The fourth-order valence-corrected chi connectivity index (χ4v) is 5.15.